The van der Waals surface area contributed by atoms with Gasteiger partial charge in [0.2, 0.25) is 11.8 Å². The Kier molecular flexibility index (Phi) is 6.84. The van der Waals surface area contributed by atoms with Gasteiger partial charge in [-0.05, 0) is 36.1 Å². The summed E-state index contributed by atoms with van der Waals surface area (Å²) in [5.74, 6) is -0.174. The Labute approximate surface area is 170 Å². The lowest BCUT2D eigenvalue weighted by Gasteiger charge is -2.32. The molecule has 0 saturated carbocycles. The van der Waals surface area contributed by atoms with Gasteiger partial charge in [0, 0.05) is 25.3 Å². The van der Waals surface area contributed by atoms with Crippen molar-refractivity contribution in [2.45, 2.75) is 25.8 Å². The first-order chi connectivity index (χ1) is 14.0. The number of carbonyl (C=O) groups is 3. The molecule has 0 aromatic heterocycles. The molecule has 1 unspecified atom stereocenters. The van der Waals surface area contributed by atoms with E-state index in [9.17, 15) is 14.4 Å². The first-order valence-electron chi connectivity index (χ1n) is 9.76. The van der Waals surface area contributed by atoms with Crippen molar-refractivity contribution in [3.8, 4) is 0 Å². The molecule has 4 amide bonds. The molecule has 0 aliphatic carbocycles. The van der Waals surface area contributed by atoms with E-state index in [4.69, 9.17) is 5.73 Å². The number of hydrogen-bond donors (Lipinski definition) is 3. The van der Waals surface area contributed by atoms with Crippen molar-refractivity contribution in [1.82, 2.24) is 10.2 Å². The van der Waals surface area contributed by atoms with E-state index in [1.54, 1.807) is 17.0 Å². The summed E-state index contributed by atoms with van der Waals surface area (Å²) in [6, 6.07) is 16.1. The van der Waals surface area contributed by atoms with Crippen LogP contribution in [-0.2, 0) is 22.6 Å². The minimum absolute atomic E-state index is 0.0402. The number of likely N-dealkylation sites (tertiary alicyclic amines) is 1. The molecule has 2 aromatic carbocycles. The topological polar surface area (TPSA) is 105 Å². The van der Waals surface area contributed by atoms with Crippen LogP contribution in [0.15, 0.2) is 54.6 Å². The number of hydrogen-bond acceptors (Lipinski definition) is 3. The number of carbonyl (C=O) groups excluding carboxylic acids is 3. The molecule has 0 spiro atoms. The zero-order valence-corrected chi connectivity index (χ0v) is 16.3. The zero-order valence-electron chi connectivity index (χ0n) is 16.3. The molecule has 7 heteroatoms. The van der Waals surface area contributed by atoms with Gasteiger partial charge in [0.05, 0.1) is 12.3 Å². The van der Waals surface area contributed by atoms with Gasteiger partial charge in [-0.25, -0.2) is 4.79 Å². The molecule has 1 heterocycles. The van der Waals surface area contributed by atoms with Crippen LogP contribution in [0.4, 0.5) is 10.5 Å². The molecule has 0 bridgehead atoms. The molecule has 7 nitrogen and oxygen atoms in total. The summed E-state index contributed by atoms with van der Waals surface area (Å²) >= 11 is 0. The molecular weight excluding hydrogens is 368 g/mol. The second-order valence-electron chi connectivity index (χ2n) is 7.25. The third kappa shape index (κ3) is 6.07. The molecule has 4 N–H and O–H groups in total. The van der Waals surface area contributed by atoms with Crippen molar-refractivity contribution < 1.29 is 14.4 Å². The normalized spacial score (nSPS) is 16.1. The van der Waals surface area contributed by atoms with Crippen molar-refractivity contribution >= 4 is 23.5 Å². The molecule has 2 aromatic rings. The SMILES string of the molecule is NC(=O)Nc1ccc(CNC(=O)C2CCCN(C(=O)Cc3ccccc3)C2)cc1. The Hall–Kier alpha value is -3.35. The Morgan fingerprint density at radius 2 is 1.72 bits per heavy atom. The highest BCUT2D eigenvalue weighted by Crippen LogP contribution is 2.18. The van der Waals surface area contributed by atoms with Gasteiger partial charge in [0.1, 0.15) is 0 Å². The molecule has 29 heavy (non-hydrogen) atoms. The van der Waals surface area contributed by atoms with Gasteiger partial charge in [0.25, 0.3) is 0 Å². The summed E-state index contributed by atoms with van der Waals surface area (Å²) in [5.41, 5.74) is 7.59. The highest BCUT2D eigenvalue weighted by Gasteiger charge is 2.28. The van der Waals surface area contributed by atoms with Gasteiger partial charge in [-0.2, -0.15) is 0 Å². The predicted molar refractivity (Wildman–Crippen MR) is 111 cm³/mol. The van der Waals surface area contributed by atoms with E-state index in [1.807, 2.05) is 42.5 Å². The third-order valence-corrected chi connectivity index (χ3v) is 5.03. The van der Waals surface area contributed by atoms with E-state index >= 15 is 0 Å². The molecule has 1 aliphatic heterocycles. The number of urea groups is 1. The number of piperidine rings is 1. The number of amides is 4. The molecule has 1 aliphatic rings. The lowest BCUT2D eigenvalue weighted by molar-refractivity contribution is -0.135. The van der Waals surface area contributed by atoms with Crippen LogP contribution in [0, 0.1) is 5.92 Å². The fourth-order valence-corrected chi connectivity index (χ4v) is 3.48. The van der Waals surface area contributed by atoms with E-state index in [-0.39, 0.29) is 17.7 Å². The van der Waals surface area contributed by atoms with E-state index in [1.165, 1.54) is 0 Å². The van der Waals surface area contributed by atoms with Crippen LogP contribution in [0.2, 0.25) is 0 Å². The van der Waals surface area contributed by atoms with Crippen molar-refractivity contribution in [1.29, 1.82) is 0 Å². The highest BCUT2D eigenvalue weighted by molar-refractivity contribution is 5.87. The summed E-state index contributed by atoms with van der Waals surface area (Å²) < 4.78 is 0. The van der Waals surface area contributed by atoms with Crippen LogP contribution >= 0.6 is 0 Å². The number of benzene rings is 2. The summed E-state index contributed by atoms with van der Waals surface area (Å²) in [7, 11) is 0. The Bertz CT molecular complexity index is 852. The third-order valence-electron chi connectivity index (χ3n) is 5.03. The van der Waals surface area contributed by atoms with E-state index in [2.05, 4.69) is 10.6 Å². The lowest BCUT2D eigenvalue weighted by atomic mass is 9.96. The standard InChI is InChI=1S/C22H26N4O3/c23-22(29)25-19-10-8-17(9-11-19)14-24-21(28)18-7-4-12-26(15-18)20(27)13-16-5-2-1-3-6-16/h1-3,5-6,8-11,18H,4,7,12-15H2,(H,24,28)(H3,23,25,29). The largest absolute Gasteiger partial charge is 0.352 e. The van der Waals surface area contributed by atoms with Crippen LogP contribution < -0.4 is 16.4 Å². The molecular formula is C22H26N4O3. The highest BCUT2D eigenvalue weighted by atomic mass is 16.2. The first kappa shape index (κ1) is 20.4. The maximum Gasteiger partial charge on any atom is 0.316 e. The van der Waals surface area contributed by atoms with Crippen LogP contribution in [-0.4, -0.2) is 35.8 Å². The number of nitrogens with two attached hydrogens (primary N) is 1. The number of primary amides is 1. The number of anilines is 1. The van der Waals surface area contributed by atoms with Gasteiger partial charge in [-0.1, -0.05) is 42.5 Å². The van der Waals surface area contributed by atoms with Gasteiger partial charge < -0.3 is 21.3 Å². The fourth-order valence-electron chi connectivity index (χ4n) is 3.48. The van der Waals surface area contributed by atoms with Crippen molar-refractivity contribution in [3.63, 3.8) is 0 Å². The predicted octanol–water partition coefficient (Wildman–Crippen LogP) is 2.27. The molecule has 1 atom stereocenters. The number of rotatable bonds is 6. The Morgan fingerprint density at radius 3 is 2.41 bits per heavy atom. The maximum absolute atomic E-state index is 12.6. The quantitative estimate of drug-likeness (QED) is 0.700. The molecule has 3 rings (SSSR count). The number of nitrogens with zero attached hydrogens (tertiary/aromatic N) is 1. The van der Waals surface area contributed by atoms with Gasteiger partial charge in [0.15, 0.2) is 0 Å². The number of nitrogens with one attached hydrogen (secondary N) is 2. The van der Waals surface area contributed by atoms with Crippen molar-refractivity contribution in [3.05, 3.63) is 65.7 Å². The summed E-state index contributed by atoms with van der Waals surface area (Å²) in [6.07, 6.45) is 1.97. The maximum atomic E-state index is 12.6. The molecule has 0 radical (unpaired) electrons. The lowest BCUT2D eigenvalue weighted by Crippen LogP contribution is -2.45. The first-order valence-corrected chi connectivity index (χ1v) is 9.76. The van der Waals surface area contributed by atoms with Gasteiger partial charge in [-0.15, -0.1) is 0 Å². The van der Waals surface area contributed by atoms with Crippen LogP contribution in [0.1, 0.15) is 24.0 Å². The van der Waals surface area contributed by atoms with Crippen LogP contribution in [0.25, 0.3) is 0 Å². The van der Waals surface area contributed by atoms with E-state index in [0.717, 1.165) is 24.0 Å². The average molecular weight is 394 g/mol. The second kappa shape index (κ2) is 9.73. The zero-order chi connectivity index (χ0) is 20.6. The summed E-state index contributed by atoms with van der Waals surface area (Å²) in [6.45, 7) is 1.55. The van der Waals surface area contributed by atoms with Gasteiger partial charge in [-0.3, -0.25) is 9.59 Å². The molecule has 152 valence electrons. The minimum Gasteiger partial charge on any atom is -0.352 e. The van der Waals surface area contributed by atoms with E-state index < -0.39 is 6.03 Å². The Morgan fingerprint density at radius 1 is 1.00 bits per heavy atom. The Balaban J connectivity index is 1.49. The van der Waals surface area contributed by atoms with Crippen LogP contribution in [0.5, 0.6) is 0 Å². The second-order valence-corrected chi connectivity index (χ2v) is 7.25. The molecule has 1 saturated heterocycles. The smallest absolute Gasteiger partial charge is 0.316 e. The fraction of sp³-hybridized carbons (Fsp3) is 0.318. The van der Waals surface area contributed by atoms with Crippen molar-refractivity contribution in [2.24, 2.45) is 11.7 Å². The van der Waals surface area contributed by atoms with Crippen molar-refractivity contribution in [2.75, 3.05) is 18.4 Å². The minimum atomic E-state index is -0.616. The van der Waals surface area contributed by atoms with Crippen LogP contribution in [0.3, 0.4) is 0 Å². The van der Waals surface area contributed by atoms with E-state index in [0.29, 0.717) is 31.7 Å². The summed E-state index contributed by atoms with van der Waals surface area (Å²) in [4.78, 5) is 37.8. The summed E-state index contributed by atoms with van der Waals surface area (Å²) in [5, 5.41) is 5.44. The monoisotopic (exact) mass is 394 g/mol. The molecule has 1 fully saturated rings. The average Bonchev–Trinajstić information content (AvgIpc) is 2.73. The van der Waals surface area contributed by atoms with Gasteiger partial charge >= 0.3 is 6.03 Å².